The summed E-state index contributed by atoms with van der Waals surface area (Å²) < 4.78 is 37.3. The monoisotopic (exact) mass is 283 g/mol. The van der Waals surface area contributed by atoms with Gasteiger partial charge in [0, 0.05) is 24.1 Å². The van der Waals surface area contributed by atoms with Crippen molar-refractivity contribution in [3.05, 3.63) is 35.4 Å². The van der Waals surface area contributed by atoms with Crippen LogP contribution in [0.1, 0.15) is 22.3 Å². The number of hydrogen-bond acceptors (Lipinski definition) is 2. The Labute approximate surface area is 113 Å². The van der Waals surface area contributed by atoms with E-state index in [4.69, 9.17) is 0 Å². The Hall–Kier alpha value is -1.85. The summed E-state index contributed by atoms with van der Waals surface area (Å²) >= 11 is 0. The summed E-state index contributed by atoms with van der Waals surface area (Å²) in [6.45, 7) is 0.268. The zero-order valence-corrected chi connectivity index (χ0v) is 10.5. The summed E-state index contributed by atoms with van der Waals surface area (Å²) in [7, 11) is 0. The zero-order chi connectivity index (χ0) is 14.5. The quantitative estimate of drug-likeness (QED) is 0.780. The molecule has 2 unspecified atom stereocenters. The van der Waals surface area contributed by atoms with Crippen LogP contribution in [0.5, 0.6) is 0 Å². The lowest BCUT2D eigenvalue weighted by atomic mass is 9.94. The standard InChI is InChI=1S/C14H12F3NO2/c15-14(16,17)12(20)18-6-11-5-13(11,8-18)10-3-1-9(7-19)2-4-10/h1-4,7,11H,5-6,8H2. The van der Waals surface area contributed by atoms with E-state index in [9.17, 15) is 22.8 Å². The van der Waals surface area contributed by atoms with Crippen LogP contribution in [0.3, 0.4) is 0 Å². The number of alkyl halides is 3. The molecule has 3 rings (SSSR count). The van der Waals surface area contributed by atoms with Crippen LogP contribution in [0.4, 0.5) is 13.2 Å². The Morgan fingerprint density at radius 1 is 1.30 bits per heavy atom. The van der Waals surface area contributed by atoms with Gasteiger partial charge in [-0.1, -0.05) is 24.3 Å². The minimum atomic E-state index is -4.81. The van der Waals surface area contributed by atoms with Gasteiger partial charge < -0.3 is 4.90 Å². The van der Waals surface area contributed by atoms with Crippen LogP contribution in [-0.4, -0.2) is 36.4 Å². The number of nitrogens with zero attached hydrogens (tertiary/aromatic N) is 1. The van der Waals surface area contributed by atoms with E-state index in [-0.39, 0.29) is 24.4 Å². The van der Waals surface area contributed by atoms with Crippen molar-refractivity contribution < 1.29 is 22.8 Å². The fraction of sp³-hybridized carbons (Fsp3) is 0.429. The van der Waals surface area contributed by atoms with E-state index in [2.05, 4.69) is 0 Å². The summed E-state index contributed by atoms with van der Waals surface area (Å²) in [5.41, 5.74) is 1.09. The fourth-order valence-electron chi connectivity index (χ4n) is 3.16. The highest BCUT2D eigenvalue weighted by Crippen LogP contribution is 2.59. The zero-order valence-electron chi connectivity index (χ0n) is 10.5. The lowest BCUT2D eigenvalue weighted by Crippen LogP contribution is -2.41. The molecular weight excluding hydrogens is 271 g/mol. The predicted molar refractivity (Wildman–Crippen MR) is 64.2 cm³/mol. The van der Waals surface area contributed by atoms with E-state index in [1.807, 2.05) is 0 Å². The van der Waals surface area contributed by atoms with E-state index >= 15 is 0 Å². The molecule has 0 N–H and O–H groups in total. The number of rotatable bonds is 2. The summed E-state index contributed by atoms with van der Waals surface area (Å²) in [5, 5.41) is 0. The number of hydrogen-bond donors (Lipinski definition) is 0. The van der Waals surface area contributed by atoms with Gasteiger partial charge in [-0.25, -0.2) is 0 Å². The lowest BCUT2D eigenvalue weighted by Gasteiger charge is -2.22. The Kier molecular flexibility index (Phi) is 2.68. The van der Waals surface area contributed by atoms with Crippen LogP contribution in [0.25, 0.3) is 0 Å². The molecule has 0 aromatic heterocycles. The molecule has 0 bridgehead atoms. The predicted octanol–water partition coefficient (Wildman–Crippen LogP) is 2.16. The average Bonchev–Trinajstić information content (AvgIpc) is 2.99. The van der Waals surface area contributed by atoms with E-state index < -0.39 is 12.1 Å². The van der Waals surface area contributed by atoms with Crippen LogP contribution in [0, 0.1) is 5.92 Å². The van der Waals surface area contributed by atoms with Gasteiger partial charge in [-0.2, -0.15) is 13.2 Å². The molecule has 3 nitrogen and oxygen atoms in total. The van der Waals surface area contributed by atoms with Gasteiger partial charge in [0.1, 0.15) is 6.29 Å². The molecule has 1 aromatic rings. The van der Waals surface area contributed by atoms with E-state index in [1.165, 1.54) is 0 Å². The van der Waals surface area contributed by atoms with Gasteiger partial charge in [0.15, 0.2) is 0 Å². The Morgan fingerprint density at radius 3 is 2.50 bits per heavy atom. The van der Waals surface area contributed by atoms with Crippen molar-refractivity contribution in [2.45, 2.75) is 18.0 Å². The Bertz CT molecular complexity index is 567. The smallest absolute Gasteiger partial charge is 0.334 e. The molecule has 2 aliphatic rings. The number of carbonyl (C=O) groups is 2. The van der Waals surface area contributed by atoms with Crippen molar-refractivity contribution in [3.63, 3.8) is 0 Å². The third-order valence-electron chi connectivity index (χ3n) is 4.30. The Balaban J connectivity index is 1.79. The van der Waals surface area contributed by atoms with Crippen LogP contribution >= 0.6 is 0 Å². The Morgan fingerprint density at radius 2 is 1.95 bits per heavy atom. The summed E-state index contributed by atoms with van der Waals surface area (Å²) in [5.74, 6) is -1.66. The highest BCUT2D eigenvalue weighted by atomic mass is 19.4. The molecule has 2 atom stereocenters. The summed E-state index contributed by atoms with van der Waals surface area (Å²) in [6.07, 6.45) is -3.28. The number of likely N-dealkylation sites (tertiary alicyclic amines) is 1. The fourth-order valence-corrected chi connectivity index (χ4v) is 3.16. The lowest BCUT2D eigenvalue weighted by molar-refractivity contribution is -0.184. The van der Waals surface area contributed by atoms with E-state index in [0.717, 1.165) is 23.2 Å². The maximum atomic E-state index is 12.4. The summed E-state index contributed by atoms with van der Waals surface area (Å²) in [6, 6.07) is 6.85. The number of aldehydes is 1. The molecule has 1 amide bonds. The van der Waals surface area contributed by atoms with Crippen LogP contribution in [0.2, 0.25) is 0 Å². The van der Waals surface area contributed by atoms with E-state index in [1.54, 1.807) is 24.3 Å². The normalized spacial score (nSPS) is 28.1. The maximum Gasteiger partial charge on any atom is 0.471 e. The first-order valence-electron chi connectivity index (χ1n) is 6.29. The van der Waals surface area contributed by atoms with Crippen LogP contribution in [-0.2, 0) is 10.2 Å². The molecule has 1 saturated heterocycles. The van der Waals surface area contributed by atoms with Gasteiger partial charge in [-0.3, -0.25) is 9.59 Å². The number of benzene rings is 1. The third-order valence-corrected chi connectivity index (χ3v) is 4.30. The van der Waals surface area contributed by atoms with Gasteiger partial charge in [0.05, 0.1) is 0 Å². The molecule has 1 aromatic carbocycles. The van der Waals surface area contributed by atoms with Crippen molar-refractivity contribution in [1.29, 1.82) is 0 Å². The minimum Gasteiger partial charge on any atom is -0.334 e. The molecule has 2 fully saturated rings. The number of amides is 1. The van der Waals surface area contributed by atoms with Crippen molar-refractivity contribution in [1.82, 2.24) is 4.90 Å². The molecule has 106 valence electrons. The molecule has 1 saturated carbocycles. The molecule has 0 spiro atoms. The number of piperidine rings is 1. The number of halogens is 3. The second-order valence-corrected chi connectivity index (χ2v) is 5.48. The topological polar surface area (TPSA) is 37.4 Å². The molecule has 6 heteroatoms. The van der Waals surface area contributed by atoms with Gasteiger partial charge in [0.2, 0.25) is 0 Å². The molecule has 20 heavy (non-hydrogen) atoms. The molecule has 1 aliphatic heterocycles. The average molecular weight is 283 g/mol. The van der Waals surface area contributed by atoms with Crippen molar-refractivity contribution in [2.75, 3.05) is 13.1 Å². The third kappa shape index (κ3) is 1.90. The molecular formula is C14H12F3NO2. The largest absolute Gasteiger partial charge is 0.471 e. The highest BCUT2D eigenvalue weighted by molar-refractivity contribution is 5.82. The summed E-state index contributed by atoms with van der Waals surface area (Å²) in [4.78, 5) is 22.8. The van der Waals surface area contributed by atoms with Gasteiger partial charge in [-0.05, 0) is 17.9 Å². The number of carbonyl (C=O) groups excluding carboxylic acids is 2. The minimum absolute atomic E-state index is 0.0934. The van der Waals surface area contributed by atoms with Crippen molar-refractivity contribution >= 4 is 12.2 Å². The number of fused-ring (bicyclic) bond motifs is 1. The molecule has 1 aliphatic carbocycles. The first-order valence-corrected chi connectivity index (χ1v) is 6.29. The maximum absolute atomic E-state index is 12.4. The van der Waals surface area contributed by atoms with Gasteiger partial charge in [0.25, 0.3) is 0 Å². The van der Waals surface area contributed by atoms with Crippen LogP contribution in [0.15, 0.2) is 24.3 Å². The molecule has 1 heterocycles. The van der Waals surface area contributed by atoms with Crippen LogP contribution < -0.4 is 0 Å². The SMILES string of the molecule is O=Cc1ccc(C23CC2CN(C(=O)C(F)(F)F)C3)cc1. The van der Waals surface area contributed by atoms with Crippen molar-refractivity contribution in [2.24, 2.45) is 5.92 Å². The highest BCUT2D eigenvalue weighted by Gasteiger charge is 2.63. The first kappa shape index (κ1) is 13.1. The van der Waals surface area contributed by atoms with E-state index in [0.29, 0.717) is 5.56 Å². The van der Waals surface area contributed by atoms with Gasteiger partial charge in [-0.15, -0.1) is 0 Å². The second kappa shape index (κ2) is 4.07. The second-order valence-electron chi connectivity index (χ2n) is 5.48. The molecule has 0 radical (unpaired) electrons. The first-order chi connectivity index (χ1) is 9.37. The van der Waals surface area contributed by atoms with Crippen molar-refractivity contribution in [3.8, 4) is 0 Å². The van der Waals surface area contributed by atoms with Gasteiger partial charge >= 0.3 is 12.1 Å².